The number of hydrogen-bond acceptors (Lipinski definition) is 3. The maximum Gasteiger partial charge on any atom is 0.394 e. The van der Waals surface area contributed by atoms with Crippen LogP contribution in [0, 0.1) is 0 Å². The molecular weight excluding hydrogens is 210 g/mol. The predicted molar refractivity (Wildman–Crippen MR) is 58.6 cm³/mol. The van der Waals surface area contributed by atoms with Crippen LogP contribution in [0.25, 0.3) is 0 Å². The van der Waals surface area contributed by atoms with E-state index in [-0.39, 0.29) is 0 Å². The molecule has 86 valence electrons. The fourth-order valence-corrected chi connectivity index (χ4v) is 1.32. The van der Waals surface area contributed by atoms with Crippen molar-refractivity contribution in [2.24, 2.45) is 0 Å². The van der Waals surface area contributed by atoms with Gasteiger partial charge in [0.05, 0.1) is 7.11 Å². The Morgan fingerprint density at radius 3 is 2.62 bits per heavy atom. The van der Waals surface area contributed by atoms with Gasteiger partial charge in [-0.15, -0.1) is 0 Å². The Morgan fingerprint density at radius 2 is 2.12 bits per heavy atom. The first-order valence-corrected chi connectivity index (χ1v) is 4.79. The van der Waals surface area contributed by atoms with Gasteiger partial charge in [-0.1, -0.05) is 6.92 Å². The highest BCUT2D eigenvalue weighted by atomic mass is 16.5. The summed E-state index contributed by atoms with van der Waals surface area (Å²) in [5.74, 6) is -1.84. The molecule has 0 saturated carbocycles. The van der Waals surface area contributed by atoms with Crippen molar-refractivity contribution in [3.63, 3.8) is 0 Å². The second-order valence-corrected chi connectivity index (χ2v) is 3.14. The third kappa shape index (κ3) is 2.73. The topological polar surface area (TPSA) is 75.6 Å². The van der Waals surface area contributed by atoms with Crippen LogP contribution >= 0.6 is 0 Å². The number of carboxylic acids is 1. The number of hydrogen-bond donors (Lipinski definition) is 2. The minimum absolute atomic E-state index is 0.449. The number of carboxylic acid groups (broad SMARTS) is 1. The van der Waals surface area contributed by atoms with Crippen molar-refractivity contribution in [1.29, 1.82) is 0 Å². The number of aryl methyl sites for hydroxylation is 1. The Bertz CT molecular complexity index is 414. The van der Waals surface area contributed by atoms with Crippen LogP contribution < -0.4 is 10.1 Å². The first-order chi connectivity index (χ1) is 7.58. The lowest BCUT2D eigenvalue weighted by Gasteiger charge is -2.09. The number of methoxy groups -OCH3 is 1. The lowest BCUT2D eigenvalue weighted by Crippen LogP contribution is -2.21. The highest BCUT2D eigenvalue weighted by Crippen LogP contribution is 2.22. The van der Waals surface area contributed by atoms with Crippen molar-refractivity contribution in [2.75, 3.05) is 12.4 Å². The first kappa shape index (κ1) is 12.0. The van der Waals surface area contributed by atoms with Crippen molar-refractivity contribution < 1.29 is 19.4 Å². The van der Waals surface area contributed by atoms with Gasteiger partial charge in [0.25, 0.3) is 0 Å². The van der Waals surface area contributed by atoms with Gasteiger partial charge in [-0.05, 0) is 30.2 Å². The van der Waals surface area contributed by atoms with Gasteiger partial charge in [0.1, 0.15) is 5.75 Å². The van der Waals surface area contributed by atoms with Crippen LogP contribution in [0.2, 0.25) is 0 Å². The molecule has 0 unspecified atom stereocenters. The molecule has 0 spiro atoms. The number of benzene rings is 1. The number of amides is 1. The van der Waals surface area contributed by atoms with E-state index in [2.05, 4.69) is 5.32 Å². The fraction of sp³-hybridized carbons (Fsp3) is 0.273. The Kier molecular flexibility index (Phi) is 3.88. The van der Waals surface area contributed by atoms with Crippen LogP contribution in [0.5, 0.6) is 5.75 Å². The quantitative estimate of drug-likeness (QED) is 0.757. The Hall–Kier alpha value is -2.04. The molecule has 0 radical (unpaired) electrons. The number of carbonyl (C=O) groups excluding carboxylic acids is 1. The molecule has 0 aliphatic carbocycles. The molecule has 1 rings (SSSR count). The molecule has 0 saturated heterocycles. The van der Waals surface area contributed by atoms with E-state index in [9.17, 15) is 9.59 Å². The molecule has 16 heavy (non-hydrogen) atoms. The smallest absolute Gasteiger partial charge is 0.394 e. The summed E-state index contributed by atoms with van der Waals surface area (Å²) in [6, 6.07) is 4.98. The molecule has 5 nitrogen and oxygen atoms in total. The molecule has 0 atom stereocenters. The number of nitrogens with one attached hydrogen (secondary N) is 1. The predicted octanol–water partition coefficient (Wildman–Crippen LogP) is 1.28. The lowest BCUT2D eigenvalue weighted by atomic mass is 10.1. The van der Waals surface area contributed by atoms with E-state index >= 15 is 0 Å². The number of rotatable bonds is 3. The van der Waals surface area contributed by atoms with E-state index in [1.165, 1.54) is 0 Å². The summed E-state index contributed by atoms with van der Waals surface area (Å²) >= 11 is 0. The van der Waals surface area contributed by atoms with Gasteiger partial charge in [0, 0.05) is 5.69 Å². The molecule has 0 fully saturated rings. The van der Waals surface area contributed by atoms with Gasteiger partial charge in [0.2, 0.25) is 0 Å². The summed E-state index contributed by atoms with van der Waals surface area (Å²) in [5, 5.41) is 10.7. The Morgan fingerprint density at radius 1 is 1.44 bits per heavy atom. The molecule has 1 aromatic rings. The van der Waals surface area contributed by atoms with Gasteiger partial charge >= 0.3 is 11.9 Å². The third-order valence-electron chi connectivity index (χ3n) is 2.11. The van der Waals surface area contributed by atoms with Crippen molar-refractivity contribution in [3.8, 4) is 5.75 Å². The number of anilines is 1. The van der Waals surface area contributed by atoms with Crippen LogP contribution in [0.1, 0.15) is 12.5 Å². The number of aliphatic carboxylic acids is 1. The molecule has 1 aromatic carbocycles. The van der Waals surface area contributed by atoms with Gasteiger partial charge in [-0.3, -0.25) is 4.79 Å². The summed E-state index contributed by atoms with van der Waals surface area (Å²) in [6.07, 6.45) is 0.736. The average Bonchev–Trinajstić information content (AvgIpc) is 2.28. The molecule has 0 aliphatic heterocycles. The SMILES string of the molecule is CCc1cc(NC(=O)C(=O)O)ccc1OC. The first-order valence-electron chi connectivity index (χ1n) is 4.79. The second kappa shape index (κ2) is 5.16. The Balaban J connectivity index is 2.91. The molecule has 0 aliphatic rings. The monoisotopic (exact) mass is 223 g/mol. The zero-order chi connectivity index (χ0) is 12.1. The van der Waals surface area contributed by atoms with E-state index in [1.54, 1.807) is 25.3 Å². The summed E-state index contributed by atoms with van der Waals surface area (Å²) in [4.78, 5) is 21.3. The van der Waals surface area contributed by atoms with Gasteiger partial charge < -0.3 is 15.2 Å². The Labute approximate surface area is 93.0 Å². The van der Waals surface area contributed by atoms with Gasteiger partial charge in [-0.25, -0.2) is 4.79 Å². The summed E-state index contributed by atoms with van der Waals surface area (Å²) in [5.41, 5.74) is 1.36. The minimum Gasteiger partial charge on any atom is -0.496 e. The third-order valence-corrected chi connectivity index (χ3v) is 2.11. The summed E-state index contributed by atoms with van der Waals surface area (Å²) in [7, 11) is 1.56. The van der Waals surface area contributed by atoms with Crippen LogP contribution in [0.15, 0.2) is 18.2 Å². The largest absolute Gasteiger partial charge is 0.496 e. The lowest BCUT2D eigenvalue weighted by molar-refractivity contribution is -0.147. The normalized spacial score (nSPS) is 9.62. The number of carbonyl (C=O) groups is 2. The summed E-state index contributed by atoms with van der Waals surface area (Å²) < 4.78 is 5.11. The van der Waals surface area contributed by atoms with Gasteiger partial charge in [-0.2, -0.15) is 0 Å². The standard InChI is InChI=1S/C11H13NO4/c1-3-7-6-8(4-5-9(7)16-2)12-10(13)11(14)15/h4-6H,3H2,1-2H3,(H,12,13)(H,14,15). The summed E-state index contributed by atoms with van der Waals surface area (Å²) in [6.45, 7) is 1.95. The highest BCUT2D eigenvalue weighted by molar-refractivity contribution is 6.36. The van der Waals surface area contributed by atoms with Crippen molar-refractivity contribution in [1.82, 2.24) is 0 Å². The van der Waals surface area contributed by atoms with E-state index < -0.39 is 11.9 Å². The second-order valence-electron chi connectivity index (χ2n) is 3.14. The molecule has 1 amide bonds. The zero-order valence-corrected chi connectivity index (χ0v) is 9.11. The zero-order valence-electron chi connectivity index (χ0n) is 9.11. The molecule has 5 heteroatoms. The van der Waals surface area contributed by atoms with Crippen LogP contribution in [0.4, 0.5) is 5.69 Å². The maximum absolute atomic E-state index is 10.9. The van der Waals surface area contributed by atoms with Gasteiger partial charge in [0.15, 0.2) is 0 Å². The molecule has 0 aromatic heterocycles. The van der Waals surface area contributed by atoms with E-state index in [0.717, 1.165) is 17.7 Å². The van der Waals surface area contributed by atoms with Crippen LogP contribution in [0.3, 0.4) is 0 Å². The molecule has 0 heterocycles. The fourth-order valence-electron chi connectivity index (χ4n) is 1.32. The van der Waals surface area contributed by atoms with Crippen molar-refractivity contribution in [2.45, 2.75) is 13.3 Å². The molecule has 0 bridgehead atoms. The van der Waals surface area contributed by atoms with E-state index in [1.807, 2.05) is 6.92 Å². The van der Waals surface area contributed by atoms with Crippen LogP contribution in [-0.4, -0.2) is 24.1 Å². The molecular formula is C11H13NO4. The van der Waals surface area contributed by atoms with E-state index in [0.29, 0.717) is 5.69 Å². The van der Waals surface area contributed by atoms with Crippen molar-refractivity contribution >= 4 is 17.6 Å². The number of ether oxygens (including phenoxy) is 1. The van der Waals surface area contributed by atoms with Crippen LogP contribution in [-0.2, 0) is 16.0 Å². The molecule has 2 N–H and O–H groups in total. The minimum atomic E-state index is -1.51. The van der Waals surface area contributed by atoms with Crippen molar-refractivity contribution in [3.05, 3.63) is 23.8 Å². The maximum atomic E-state index is 10.9. The highest BCUT2D eigenvalue weighted by Gasteiger charge is 2.11. The van der Waals surface area contributed by atoms with E-state index in [4.69, 9.17) is 9.84 Å². The average molecular weight is 223 g/mol.